The average molecular weight is 334 g/mol. The Labute approximate surface area is 118 Å². The van der Waals surface area contributed by atoms with Gasteiger partial charge in [0.05, 0.1) is 0 Å². The molecule has 0 aliphatic heterocycles. The molecule has 126 valence electrons. The fourth-order valence-electron chi connectivity index (χ4n) is 0.635. The van der Waals surface area contributed by atoms with Gasteiger partial charge in [0.15, 0.2) is 0 Å². The van der Waals surface area contributed by atoms with Gasteiger partial charge in [-0.3, -0.25) is 0 Å². The molecule has 0 aromatic heterocycles. The molecule has 0 heterocycles. The maximum Gasteiger partial charge on any atom is 0.418 e. The van der Waals surface area contributed by atoms with Gasteiger partial charge in [0.25, 0.3) is 0 Å². The van der Waals surface area contributed by atoms with Gasteiger partial charge in [-0.2, -0.15) is 28.5 Å². The van der Waals surface area contributed by atoms with Crippen LogP contribution in [0.25, 0.3) is 0 Å². The predicted octanol–water partition coefficient (Wildman–Crippen LogP) is -3.27. The second-order valence-electron chi connectivity index (χ2n) is 3.16. The highest BCUT2D eigenvalue weighted by Gasteiger charge is 2.70. The van der Waals surface area contributed by atoms with E-state index in [0.717, 1.165) is 0 Å². The van der Waals surface area contributed by atoms with E-state index in [1.54, 1.807) is 0 Å². The highest BCUT2D eigenvalue weighted by molar-refractivity contribution is 5.91. The van der Waals surface area contributed by atoms with E-state index >= 15 is 0 Å². The first-order chi connectivity index (χ1) is 10.0. The van der Waals surface area contributed by atoms with Gasteiger partial charge < -0.3 is 32.8 Å². The Balaban J connectivity index is 4.97. The zero-order valence-corrected chi connectivity index (χ0v) is 10.3. The number of carbonyl (C=O) groups excluding carboxylic acids is 2. The predicted molar refractivity (Wildman–Crippen MR) is 60.0 cm³/mol. The standard InChI is InChI=1S/C6H10F4N8O4/c7-5(8,1(19)21-17-3(11)15-13)6(9,10)2(20)22-18-4(12)16-14/h13-14H2,(H3,11,15,17)(H3,12,16,18). The first kappa shape index (κ1) is 18.8. The molecule has 0 radical (unpaired) electrons. The van der Waals surface area contributed by atoms with E-state index in [1.807, 2.05) is 0 Å². The van der Waals surface area contributed by atoms with Crippen LogP contribution in [-0.2, 0) is 19.3 Å². The van der Waals surface area contributed by atoms with Gasteiger partial charge in [-0.1, -0.05) is 0 Å². The highest BCUT2D eigenvalue weighted by Crippen LogP contribution is 2.36. The van der Waals surface area contributed by atoms with Crippen LogP contribution in [-0.4, -0.2) is 35.7 Å². The minimum atomic E-state index is -5.64. The minimum absolute atomic E-state index is 0.886. The summed E-state index contributed by atoms with van der Waals surface area (Å²) in [4.78, 5) is 28.7. The average Bonchev–Trinajstić information content (AvgIpc) is 2.48. The van der Waals surface area contributed by atoms with Gasteiger partial charge in [0.1, 0.15) is 0 Å². The molecule has 0 aliphatic rings. The lowest BCUT2D eigenvalue weighted by atomic mass is 10.2. The number of alkyl halides is 4. The molecule has 0 saturated heterocycles. The normalized spacial score (nSPS) is 13.3. The summed E-state index contributed by atoms with van der Waals surface area (Å²) in [6, 6.07) is 0. The van der Waals surface area contributed by atoms with Gasteiger partial charge in [-0.25, -0.2) is 9.59 Å². The Morgan fingerprint density at radius 3 is 1.32 bits per heavy atom. The van der Waals surface area contributed by atoms with Crippen LogP contribution in [0.1, 0.15) is 0 Å². The topological polar surface area (TPSA) is 205 Å². The van der Waals surface area contributed by atoms with Crippen LogP contribution in [0.5, 0.6) is 0 Å². The van der Waals surface area contributed by atoms with Gasteiger partial charge in [0.2, 0.25) is 11.9 Å². The molecule has 0 bridgehead atoms. The van der Waals surface area contributed by atoms with Gasteiger partial charge in [-0.15, -0.1) is 10.2 Å². The Kier molecular flexibility index (Phi) is 5.98. The molecule has 10 N–H and O–H groups in total. The SMILES string of the molecule is NN=C(N)NOC(=O)C(F)(F)C(F)(F)C(=O)ONC(N)=NN. The lowest BCUT2D eigenvalue weighted by Crippen LogP contribution is -2.56. The third kappa shape index (κ3) is 4.15. The Morgan fingerprint density at radius 2 is 1.09 bits per heavy atom. The number of rotatable bonds is 3. The summed E-state index contributed by atoms with van der Waals surface area (Å²) in [7, 11) is 0. The second kappa shape index (κ2) is 6.99. The molecule has 0 amide bonds. The first-order valence-electron chi connectivity index (χ1n) is 4.77. The van der Waals surface area contributed by atoms with Crippen molar-refractivity contribution >= 4 is 23.9 Å². The molecule has 0 rings (SSSR count). The summed E-state index contributed by atoms with van der Waals surface area (Å²) in [5.41, 5.74) is 12.0. The van der Waals surface area contributed by atoms with Crippen molar-refractivity contribution in [2.75, 3.05) is 0 Å². The molecule has 0 aromatic rings. The van der Waals surface area contributed by atoms with Gasteiger partial charge in [-0.05, 0) is 0 Å². The van der Waals surface area contributed by atoms with Crippen LogP contribution in [0.15, 0.2) is 10.2 Å². The van der Waals surface area contributed by atoms with Crippen molar-refractivity contribution in [2.24, 2.45) is 33.4 Å². The van der Waals surface area contributed by atoms with Crippen molar-refractivity contribution < 1.29 is 36.8 Å². The molecular weight excluding hydrogens is 324 g/mol. The fraction of sp³-hybridized carbons (Fsp3) is 0.333. The molecular formula is C6H10F4N8O4. The van der Waals surface area contributed by atoms with E-state index in [2.05, 4.69) is 31.6 Å². The number of halogens is 4. The zero-order chi connectivity index (χ0) is 17.6. The summed E-state index contributed by atoms with van der Waals surface area (Å²) in [6.45, 7) is 0. The molecule has 0 aliphatic carbocycles. The van der Waals surface area contributed by atoms with E-state index in [9.17, 15) is 27.2 Å². The number of nitrogens with one attached hydrogen (secondary N) is 2. The van der Waals surface area contributed by atoms with Crippen molar-refractivity contribution in [3.8, 4) is 0 Å². The Hall–Kier alpha value is -3.20. The number of hydrogen-bond donors (Lipinski definition) is 6. The summed E-state index contributed by atoms with van der Waals surface area (Å²) in [5, 5.41) is 5.26. The summed E-state index contributed by atoms with van der Waals surface area (Å²) < 4.78 is 52.9. The summed E-state index contributed by atoms with van der Waals surface area (Å²) in [5.74, 6) is -9.71. The molecule has 0 atom stereocenters. The van der Waals surface area contributed by atoms with Crippen LogP contribution in [0.4, 0.5) is 17.6 Å². The van der Waals surface area contributed by atoms with Crippen LogP contribution in [0.2, 0.25) is 0 Å². The molecule has 0 spiro atoms. The molecule has 0 saturated carbocycles. The largest absolute Gasteiger partial charge is 0.418 e. The molecule has 0 unspecified atom stereocenters. The lowest BCUT2D eigenvalue weighted by molar-refractivity contribution is -0.241. The van der Waals surface area contributed by atoms with Crippen molar-refractivity contribution in [3.63, 3.8) is 0 Å². The van der Waals surface area contributed by atoms with Crippen molar-refractivity contribution in [1.29, 1.82) is 0 Å². The first-order valence-corrected chi connectivity index (χ1v) is 4.77. The quantitative estimate of drug-likeness (QED) is 0.0997. The van der Waals surface area contributed by atoms with Crippen LogP contribution >= 0.6 is 0 Å². The van der Waals surface area contributed by atoms with Crippen LogP contribution in [0.3, 0.4) is 0 Å². The monoisotopic (exact) mass is 334 g/mol. The van der Waals surface area contributed by atoms with Crippen molar-refractivity contribution in [1.82, 2.24) is 11.0 Å². The van der Waals surface area contributed by atoms with E-state index < -0.39 is 35.7 Å². The Bertz CT molecular complexity index is 451. The van der Waals surface area contributed by atoms with Gasteiger partial charge in [0, 0.05) is 0 Å². The number of hydroxylamine groups is 2. The number of nitrogens with two attached hydrogens (primary N) is 4. The van der Waals surface area contributed by atoms with Crippen molar-refractivity contribution in [2.45, 2.75) is 11.8 Å². The smallest absolute Gasteiger partial charge is 0.366 e. The third-order valence-electron chi connectivity index (χ3n) is 1.68. The highest BCUT2D eigenvalue weighted by atomic mass is 19.3. The van der Waals surface area contributed by atoms with Crippen LogP contribution < -0.4 is 34.1 Å². The summed E-state index contributed by atoms with van der Waals surface area (Å²) in [6.07, 6.45) is 0. The van der Waals surface area contributed by atoms with Gasteiger partial charge >= 0.3 is 23.8 Å². The van der Waals surface area contributed by atoms with Crippen LogP contribution in [0, 0.1) is 0 Å². The minimum Gasteiger partial charge on any atom is -0.366 e. The molecule has 0 fully saturated rings. The number of nitrogens with zero attached hydrogens (tertiary/aromatic N) is 2. The number of carbonyl (C=O) groups is 2. The zero-order valence-electron chi connectivity index (χ0n) is 10.3. The molecule has 16 heteroatoms. The van der Waals surface area contributed by atoms with E-state index in [-0.39, 0.29) is 0 Å². The maximum absolute atomic E-state index is 13.2. The molecule has 0 aromatic carbocycles. The maximum atomic E-state index is 13.2. The van der Waals surface area contributed by atoms with E-state index in [0.29, 0.717) is 0 Å². The van der Waals surface area contributed by atoms with E-state index in [4.69, 9.17) is 11.5 Å². The second-order valence-corrected chi connectivity index (χ2v) is 3.16. The fourth-order valence-corrected chi connectivity index (χ4v) is 0.635. The third-order valence-corrected chi connectivity index (χ3v) is 1.68. The number of guanidine groups is 2. The van der Waals surface area contributed by atoms with E-state index in [1.165, 1.54) is 11.0 Å². The molecule has 12 nitrogen and oxygen atoms in total. The number of hydrogen-bond acceptors (Lipinski definition) is 8. The number of hydrazone groups is 2. The molecule has 22 heavy (non-hydrogen) atoms. The lowest BCUT2D eigenvalue weighted by Gasteiger charge is -2.22. The summed E-state index contributed by atoms with van der Waals surface area (Å²) >= 11 is 0. The van der Waals surface area contributed by atoms with Crippen molar-refractivity contribution in [3.05, 3.63) is 0 Å². The Morgan fingerprint density at radius 1 is 0.818 bits per heavy atom.